The van der Waals surface area contributed by atoms with Crippen LogP contribution in [0.15, 0.2) is 18.2 Å². The summed E-state index contributed by atoms with van der Waals surface area (Å²) in [7, 11) is 1.62. The smallest absolute Gasteiger partial charge is 0.121 e. The molecule has 0 radical (unpaired) electrons. The van der Waals surface area contributed by atoms with E-state index in [1.807, 2.05) is 19.1 Å². The lowest BCUT2D eigenvalue weighted by Crippen LogP contribution is -2.12. The Labute approximate surface area is 123 Å². The van der Waals surface area contributed by atoms with Gasteiger partial charge in [0.05, 0.1) is 29.6 Å². The van der Waals surface area contributed by atoms with Gasteiger partial charge in [-0.05, 0) is 25.0 Å². The van der Waals surface area contributed by atoms with Crippen molar-refractivity contribution in [3.05, 3.63) is 34.6 Å². The number of benzene rings is 1. The van der Waals surface area contributed by atoms with Crippen LogP contribution in [0.2, 0.25) is 5.02 Å². The highest BCUT2D eigenvalue weighted by Gasteiger charge is 2.19. The summed E-state index contributed by atoms with van der Waals surface area (Å²) in [4.78, 5) is 0. The number of nitrogens with two attached hydrogens (primary N) is 1. The number of halogens is 1. The fraction of sp³-hybridized carbons (Fsp3) is 0.429. The minimum Gasteiger partial charge on any atom is -0.497 e. The standard InChI is InChI=1S/C14H19ClN4O/c1-4-11(16)14-12(5-2)19(18-17-14)13-8-9(20-3)6-7-10(13)15/h6-8,11H,4-5,16H2,1-3H3. The highest BCUT2D eigenvalue weighted by molar-refractivity contribution is 6.32. The van der Waals surface area contributed by atoms with Crippen molar-refractivity contribution in [2.24, 2.45) is 5.73 Å². The minimum atomic E-state index is -0.108. The Kier molecular flexibility index (Phi) is 4.62. The first-order valence-corrected chi connectivity index (χ1v) is 7.04. The Bertz CT molecular complexity index is 597. The van der Waals surface area contributed by atoms with E-state index in [0.29, 0.717) is 5.02 Å². The summed E-state index contributed by atoms with van der Waals surface area (Å²) in [6, 6.07) is 5.34. The summed E-state index contributed by atoms with van der Waals surface area (Å²) in [5.41, 5.74) is 8.65. The topological polar surface area (TPSA) is 66.0 Å². The van der Waals surface area contributed by atoms with E-state index in [4.69, 9.17) is 22.1 Å². The average Bonchev–Trinajstić information content (AvgIpc) is 2.90. The molecule has 0 aliphatic heterocycles. The molecule has 108 valence electrons. The lowest BCUT2D eigenvalue weighted by molar-refractivity contribution is 0.414. The number of methoxy groups -OCH3 is 1. The van der Waals surface area contributed by atoms with Gasteiger partial charge in [0.15, 0.2) is 0 Å². The van der Waals surface area contributed by atoms with E-state index < -0.39 is 0 Å². The molecule has 2 rings (SSSR count). The zero-order chi connectivity index (χ0) is 14.7. The number of hydrogen-bond acceptors (Lipinski definition) is 4. The summed E-state index contributed by atoms with van der Waals surface area (Å²) in [6.45, 7) is 4.08. The van der Waals surface area contributed by atoms with Crippen molar-refractivity contribution in [2.45, 2.75) is 32.7 Å². The molecule has 0 spiro atoms. The highest BCUT2D eigenvalue weighted by Crippen LogP contribution is 2.28. The summed E-state index contributed by atoms with van der Waals surface area (Å²) >= 11 is 6.26. The van der Waals surface area contributed by atoms with Gasteiger partial charge in [-0.25, -0.2) is 4.68 Å². The van der Waals surface area contributed by atoms with Crippen LogP contribution in [0.1, 0.15) is 37.7 Å². The van der Waals surface area contributed by atoms with Gasteiger partial charge < -0.3 is 10.5 Å². The third-order valence-electron chi connectivity index (χ3n) is 3.30. The highest BCUT2D eigenvalue weighted by atomic mass is 35.5. The van der Waals surface area contributed by atoms with Gasteiger partial charge in [0.2, 0.25) is 0 Å². The maximum Gasteiger partial charge on any atom is 0.121 e. The molecule has 6 heteroatoms. The number of aromatic nitrogens is 3. The van der Waals surface area contributed by atoms with E-state index in [0.717, 1.165) is 35.7 Å². The minimum absolute atomic E-state index is 0.108. The number of rotatable bonds is 5. The Morgan fingerprint density at radius 1 is 1.40 bits per heavy atom. The molecule has 1 heterocycles. The van der Waals surface area contributed by atoms with Crippen molar-refractivity contribution in [2.75, 3.05) is 7.11 Å². The molecular formula is C14H19ClN4O. The summed E-state index contributed by atoms with van der Waals surface area (Å²) < 4.78 is 6.98. The fourth-order valence-electron chi connectivity index (χ4n) is 2.10. The van der Waals surface area contributed by atoms with Crippen LogP contribution in [0.5, 0.6) is 5.75 Å². The molecule has 1 aromatic carbocycles. The van der Waals surface area contributed by atoms with Gasteiger partial charge in [0.25, 0.3) is 0 Å². The van der Waals surface area contributed by atoms with Crippen molar-refractivity contribution in [3.8, 4) is 11.4 Å². The number of nitrogens with zero attached hydrogens (tertiary/aromatic N) is 3. The van der Waals surface area contributed by atoms with Gasteiger partial charge in [-0.1, -0.05) is 30.7 Å². The van der Waals surface area contributed by atoms with Crippen LogP contribution in [0.3, 0.4) is 0 Å². The largest absolute Gasteiger partial charge is 0.497 e. The summed E-state index contributed by atoms with van der Waals surface area (Å²) in [5, 5.41) is 9.03. The molecule has 0 saturated carbocycles. The second-order valence-electron chi connectivity index (χ2n) is 4.52. The van der Waals surface area contributed by atoms with E-state index in [1.54, 1.807) is 17.9 Å². The predicted molar refractivity (Wildman–Crippen MR) is 79.5 cm³/mol. The lowest BCUT2D eigenvalue weighted by atomic mass is 10.1. The van der Waals surface area contributed by atoms with E-state index >= 15 is 0 Å². The molecular weight excluding hydrogens is 276 g/mol. The van der Waals surface area contributed by atoms with E-state index in [1.165, 1.54) is 0 Å². The zero-order valence-electron chi connectivity index (χ0n) is 11.9. The molecule has 2 N–H and O–H groups in total. The van der Waals surface area contributed by atoms with Crippen molar-refractivity contribution < 1.29 is 4.74 Å². The molecule has 0 bridgehead atoms. The molecule has 0 aliphatic carbocycles. The lowest BCUT2D eigenvalue weighted by Gasteiger charge is -2.11. The van der Waals surface area contributed by atoms with Gasteiger partial charge in [-0.15, -0.1) is 5.10 Å². The molecule has 1 aromatic heterocycles. The van der Waals surface area contributed by atoms with Crippen molar-refractivity contribution >= 4 is 11.6 Å². The zero-order valence-corrected chi connectivity index (χ0v) is 12.7. The molecule has 20 heavy (non-hydrogen) atoms. The maximum atomic E-state index is 6.26. The quantitative estimate of drug-likeness (QED) is 0.921. The Morgan fingerprint density at radius 3 is 2.75 bits per heavy atom. The first kappa shape index (κ1) is 14.8. The Morgan fingerprint density at radius 2 is 2.15 bits per heavy atom. The SMILES string of the molecule is CCc1c(C(N)CC)nnn1-c1cc(OC)ccc1Cl. The van der Waals surface area contributed by atoms with Crippen molar-refractivity contribution in [3.63, 3.8) is 0 Å². The molecule has 1 unspecified atom stereocenters. The Hall–Kier alpha value is -1.59. The first-order chi connectivity index (χ1) is 9.62. The van der Waals surface area contributed by atoms with Crippen LogP contribution < -0.4 is 10.5 Å². The van der Waals surface area contributed by atoms with Crippen LogP contribution in [-0.4, -0.2) is 22.1 Å². The van der Waals surface area contributed by atoms with Gasteiger partial charge in [-0.3, -0.25) is 0 Å². The monoisotopic (exact) mass is 294 g/mol. The van der Waals surface area contributed by atoms with Crippen LogP contribution in [0.4, 0.5) is 0 Å². The van der Waals surface area contributed by atoms with Gasteiger partial charge in [-0.2, -0.15) is 0 Å². The van der Waals surface area contributed by atoms with Gasteiger partial charge >= 0.3 is 0 Å². The third-order valence-corrected chi connectivity index (χ3v) is 3.62. The molecule has 0 aliphatic rings. The third kappa shape index (κ3) is 2.64. The average molecular weight is 295 g/mol. The molecule has 0 saturated heterocycles. The molecule has 0 amide bonds. The summed E-state index contributed by atoms with van der Waals surface area (Å²) in [6.07, 6.45) is 1.60. The Balaban J connectivity index is 2.55. The predicted octanol–water partition coefficient (Wildman–Crippen LogP) is 2.90. The number of hydrogen-bond donors (Lipinski definition) is 1. The molecule has 5 nitrogen and oxygen atoms in total. The van der Waals surface area contributed by atoms with Crippen LogP contribution in [0.25, 0.3) is 5.69 Å². The van der Waals surface area contributed by atoms with E-state index in [9.17, 15) is 0 Å². The number of ether oxygens (including phenoxy) is 1. The fourth-order valence-corrected chi connectivity index (χ4v) is 2.30. The molecule has 1 atom stereocenters. The van der Waals surface area contributed by atoms with E-state index in [2.05, 4.69) is 17.2 Å². The van der Waals surface area contributed by atoms with Crippen LogP contribution in [-0.2, 0) is 6.42 Å². The second-order valence-corrected chi connectivity index (χ2v) is 4.93. The van der Waals surface area contributed by atoms with Crippen LogP contribution >= 0.6 is 11.6 Å². The van der Waals surface area contributed by atoms with Gasteiger partial charge in [0, 0.05) is 6.07 Å². The van der Waals surface area contributed by atoms with Crippen LogP contribution in [0, 0.1) is 0 Å². The molecule has 0 fully saturated rings. The molecule has 2 aromatic rings. The van der Waals surface area contributed by atoms with Gasteiger partial charge in [0.1, 0.15) is 11.4 Å². The first-order valence-electron chi connectivity index (χ1n) is 6.66. The second kappa shape index (κ2) is 6.24. The maximum absolute atomic E-state index is 6.26. The summed E-state index contributed by atoms with van der Waals surface area (Å²) in [5.74, 6) is 0.725. The van der Waals surface area contributed by atoms with Crippen molar-refractivity contribution in [1.29, 1.82) is 0 Å². The van der Waals surface area contributed by atoms with E-state index in [-0.39, 0.29) is 6.04 Å². The van der Waals surface area contributed by atoms with Crippen molar-refractivity contribution in [1.82, 2.24) is 15.0 Å². The normalized spacial score (nSPS) is 12.4.